The molecule has 108 valence electrons. The third-order valence-electron chi connectivity index (χ3n) is 2.80. The van der Waals surface area contributed by atoms with Crippen molar-refractivity contribution in [1.82, 2.24) is 10.6 Å². The van der Waals surface area contributed by atoms with Gasteiger partial charge in [0, 0.05) is 0 Å². The number of carboxylic acid groups (broad SMARTS) is 1. The van der Waals surface area contributed by atoms with Crippen LogP contribution in [0.2, 0.25) is 0 Å². The van der Waals surface area contributed by atoms with Gasteiger partial charge in [0.15, 0.2) is 0 Å². The van der Waals surface area contributed by atoms with E-state index in [1.54, 1.807) is 0 Å². The monoisotopic (exact) mass is 282 g/mol. The molecule has 2 amide bonds. The first-order valence-corrected chi connectivity index (χ1v) is 5.52. The maximum Gasteiger partial charge on any atom is 0.405 e. The molecule has 1 fully saturated rings. The van der Waals surface area contributed by atoms with Gasteiger partial charge < -0.3 is 15.7 Å². The van der Waals surface area contributed by atoms with Gasteiger partial charge >= 0.3 is 12.1 Å². The zero-order valence-electron chi connectivity index (χ0n) is 9.84. The number of halogens is 3. The highest BCUT2D eigenvalue weighted by Gasteiger charge is 2.45. The Labute approximate surface area is 106 Å². The lowest BCUT2D eigenvalue weighted by atomic mass is 9.76. The molecule has 0 spiro atoms. The second-order valence-corrected chi connectivity index (χ2v) is 4.36. The van der Waals surface area contributed by atoms with Crippen LogP contribution in [0.3, 0.4) is 0 Å². The molecule has 1 aliphatic carbocycles. The molecular formula is C10H13F3N2O4. The van der Waals surface area contributed by atoms with Crippen molar-refractivity contribution >= 4 is 17.8 Å². The van der Waals surface area contributed by atoms with Crippen molar-refractivity contribution in [2.45, 2.75) is 37.4 Å². The lowest BCUT2D eigenvalue weighted by molar-refractivity contribution is -0.152. The van der Waals surface area contributed by atoms with Gasteiger partial charge in [0.05, 0.1) is 0 Å². The van der Waals surface area contributed by atoms with Crippen LogP contribution in [0.5, 0.6) is 0 Å². The summed E-state index contributed by atoms with van der Waals surface area (Å²) >= 11 is 0. The summed E-state index contributed by atoms with van der Waals surface area (Å²) < 4.78 is 35.4. The van der Waals surface area contributed by atoms with Crippen LogP contribution in [0, 0.1) is 0 Å². The quantitative estimate of drug-likeness (QED) is 0.627. The lowest BCUT2D eigenvalue weighted by Gasteiger charge is -2.38. The number of amides is 2. The Balaban J connectivity index is 2.39. The fourth-order valence-corrected chi connectivity index (χ4v) is 1.64. The molecule has 0 aromatic rings. The number of aliphatic carboxylic acids is 1. The minimum atomic E-state index is -4.55. The number of rotatable bonds is 5. The van der Waals surface area contributed by atoms with Crippen LogP contribution in [0.15, 0.2) is 0 Å². The fourth-order valence-electron chi connectivity index (χ4n) is 1.64. The van der Waals surface area contributed by atoms with Crippen LogP contribution in [0.4, 0.5) is 13.2 Å². The number of carbonyl (C=O) groups is 3. The minimum absolute atomic E-state index is 0.248. The number of hydrogen-bond acceptors (Lipinski definition) is 3. The van der Waals surface area contributed by atoms with Crippen LogP contribution in [-0.2, 0) is 14.4 Å². The van der Waals surface area contributed by atoms with Crippen molar-refractivity contribution in [2.24, 2.45) is 0 Å². The normalized spacial score (nSPS) is 17.2. The zero-order chi connectivity index (χ0) is 14.7. The lowest BCUT2D eigenvalue weighted by Crippen LogP contribution is -2.59. The summed E-state index contributed by atoms with van der Waals surface area (Å²) in [4.78, 5) is 33.3. The summed E-state index contributed by atoms with van der Waals surface area (Å²) in [6.45, 7) is -1.52. The van der Waals surface area contributed by atoms with E-state index in [-0.39, 0.29) is 12.8 Å². The molecule has 0 atom stereocenters. The Morgan fingerprint density at radius 3 is 2.11 bits per heavy atom. The van der Waals surface area contributed by atoms with Crippen LogP contribution in [0.25, 0.3) is 0 Å². The number of nitrogens with one attached hydrogen (secondary N) is 2. The van der Waals surface area contributed by atoms with Gasteiger partial charge in [0.1, 0.15) is 18.5 Å². The molecule has 0 bridgehead atoms. The van der Waals surface area contributed by atoms with Gasteiger partial charge in [0.2, 0.25) is 11.8 Å². The number of alkyl halides is 3. The average Bonchev–Trinajstić information content (AvgIpc) is 2.19. The van der Waals surface area contributed by atoms with Crippen LogP contribution in [0.1, 0.15) is 25.7 Å². The Hall–Kier alpha value is -1.80. The predicted molar refractivity (Wildman–Crippen MR) is 56.0 cm³/mol. The van der Waals surface area contributed by atoms with Crippen LogP contribution in [-0.4, -0.2) is 41.2 Å². The molecule has 19 heavy (non-hydrogen) atoms. The summed E-state index contributed by atoms with van der Waals surface area (Å²) in [7, 11) is 0. The third kappa shape index (κ3) is 4.42. The van der Waals surface area contributed by atoms with Gasteiger partial charge in [-0.25, -0.2) is 4.79 Å². The molecule has 0 radical (unpaired) electrons. The predicted octanol–water partition coefficient (Wildman–Crippen LogP) is 0.178. The summed E-state index contributed by atoms with van der Waals surface area (Å²) in [5.74, 6) is -3.21. The fraction of sp³-hybridized carbons (Fsp3) is 0.700. The highest BCUT2D eigenvalue weighted by molar-refractivity contribution is 5.99. The van der Waals surface area contributed by atoms with E-state index in [4.69, 9.17) is 5.11 Å². The highest BCUT2D eigenvalue weighted by atomic mass is 19.4. The van der Waals surface area contributed by atoms with Crippen molar-refractivity contribution in [3.05, 3.63) is 0 Å². The van der Waals surface area contributed by atoms with E-state index in [9.17, 15) is 27.6 Å². The maximum absolute atomic E-state index is 11.8. The first-order chi connectivity index (χ1) is 8.65. The molecule has 0 heterocycles. The molecular weight excluding hydrogens is 269 g/mol. The molecule has 0 aromatic carbocycles. The van der Waals surface area contributed by atoms with Crippen LogP contribution >= 0.6 is 0 Å². The second-order valence-electron chi connectivity index (χ2n) is 4.36. The van der Waals surface area contributed by atoms with E-state index in [2.05, 4.69) is 5.32 Å². The van der Waals surface area contributed by atoms with Gasteiger partial charge in [-0.3, -0.25) is 9.59 Å². The maximum atomic E-state index is 11.8. The van der Waals surface area contributed by atoms with E-state index in [1.807, 2.05) is 0 Å². The van der Waals surface area contributed by atoms with Crippen molar-refractivity contribution in [2.75, 3.05) is 6.54 Å². The topological polar surface area (TPSA) is 95.5 Å². The second kappa shape index (κ2) is 5.45. The SMILES string of the molecule is O=C(CC(=O)NC1(C(=O)O)CCC1)NCC(F)(F)F. The molecule has 1 saturated carbocycles. The van der Waals surface area contributed by atoms with E-state index in [0.29, 0.717) is 6.42 Å². The molecule has 1 rings (SSSR count). The Bertz CT molecular complexity index is 391. The molecule has 0 aromatic heterocycles. The molecule has 3 N–H and O–H groups in total. The number of carboxylic acids is 1. The first-order valence-electron chi connectivity index (χ1n) is 5.52. The average molecular weight is 282 g/mol. The minimum Gasteiger partial charge on any atom is -0.480 e. The van der Waals surface area contributed by atoms with Crippen molar-refractivity contribution in [3.8, 4) is 0 Å². The zero-order valence-corrected chi connectivity index (χ0v) is 9.84. The number of hydrogen-bond donors (Lipinski definition) is 3. The molecule has 9 heteroatoms. The summed E-state index contributed by atoms with van der Waals surface area (Å²) in [5, 5.41) is 12.6. The molecule has 0 saturated heterocycles. The van der Waals surface area contributed by atoms with Gasteiger partial charge in [-0.1, -0.05) is 0 Å². The molecule has 1 aliphatic rings. The Morgan fingerprint density at radius 2 is 1.74 bits per heavy atom. The highest BCUT2D eigenvalue weighted by Crippen LogP contribution is 2.32. The third-order valence-corrected chi connectivity index (χ3v) is 2.80. The number of carbonyl (C=O) groups excluding carboxylic acids is 2. The van der Waals surface area contributed by atoms with Gasteiger partial charge in [-0.15, -0.1) is 0 Å². The smallest absolute Gasteiger partial charge is 0.405 e. The van der Waals surface area contributed by atoms with E-state index in [1.165, 1.54) is 5.32 Å². The molecule has 6 nitrogen and oxygen atoms in total. The van der Waals surface area contributed by atoms with Crippen LogP contribution < -0.4 is 10.6 Å². The molecule has 0 aliphatic heterocycles. The van der Waals surface area contributed by atoms with Crippen molar-refractivity contribution < 1.29 is 32.7 Å². The summed E-state index contributed by atoms with van der Waals surface area (Å²) in [5.41, 5.74) is -1.37. The van der Waals surface area contributed by atoms with Gasteiger partial charge in [0.25, 0.3) is 0 Å². The van der Waals surface area contributed by atoms with Gasteiger partial charge in [-0.2, -0.15) is 13.2 Å². The van der Waals surface area contributed by atoms with E-state index < -0.39 is 42.5 Å². The van der Waals surface area contributed by atoms with Crippen molar-refractivity contribution in [3.63, 3.8) is 0 Å². The Kier molecular flexibility index (Phi) is 4.38. The molecule has 0 unspecified atom stereocenters. The van der Waals surface area contributed by atoms with E-state index in [0.717, 1.165) is 0 Å². The first kappa shape index (κ1) is 15.3. The Morgan fingerprint density at radius 1 is 1.16 bits per heavy atom. The van der Waals surface area contributed by atoms with Gasteiger partial charge in [-0.05, 0) is 19.3 Å². The summed E-state index contributed by atoms with van der Waals surface area (Å²) in [6, 6.07) is 0. The standard InChI is InChI=1S/C10H13F3N2O4/c11-10(12,13)5-14-6(16)4-7(17)15-9(8(18)19)2-1-3-9/h1-5H2,(H,14,16)(H,15,17)(H,18,19). The summed E-state index contributed by atoms with van der Waals surface area (Å²) in [6.07, 6.45) is -4.25. The van der Waals surface area contributed by atoms with E-state index >= 15 is 0 Å². The van der Waals surface area contributed by atoms with Crippen molar-refractivity contribution in [1.29, 1.82) is 0 Å². The largest absolute Gasteiger partial charge is 0.480 e.